The number of aliphatic hydroxyl groups is 1. The van der Waals surface area contributed by atoms with Gasteiger partial charge in [0.1, 0.15) is 24.4 Å². The predicted molar refractivity (Wildman–Crippen MR) is 162 cm³/mol. The Kier molecular flexibility index (Phi) is 9.86. The summed E-state index contributed by atoms with van der Waals surface area (Å²) in [6, 6.07) is 0. The van der Waals surface area contributed by atoms with Crippen molar-refractivity contribution in [2.24, 2.45) is 47.3 Å². The maximum atomic E-state index is 14.0. The molecule has 9 nitrogen and oxygen atoms in total. The van der Waals surface area contributed by atoms with Gasteiger partial charge in [-0.15, -0.1) is 11.6 Å². The van der Waals surface area contributed by atoms with Gasteiger partial charge in [0, 0.05) is 38.5 Å². The zero-order valence-corrected chi connectivity index (χ0v) is 27.7. The number of carbonyl (C=O) groups excluding carboxylic acids is 2. The van der Waals surface area contributed by atoms with Crippen molar-refractivity contribution in [3.05, 3.63) is 11.6 Å². The number of Topliss-reactive ketones (excluding diaryl/α,β-unsaturated/α-hetero) is 1. The van der Waals surface area contributed by atoms with E-state index in [2.05, 4.69) is 6.08 Å². The minimum Gasteiger partial charge on any atom is -0.462 e. The van der Waals surface area contributed by atoms with E-state index >= 15 is 0 Å². The summed E-state index contributed by atoms with van der Waals surface area (Å²) in [6.07, 6.45) is 3.87. The van der Waals surface area contributed by atoms with Crippen molar-refractivity contribution in [3.8, 4) is 0 Å². The van der Waals surface area contributed by atoms with E-state index in [9.17, 15) is 14.7 Å². The van der Waals surface area contributed by atoms with Gasteiger partial charge in [-0.2, -0.15) is 0 Å². The average molecular weight is 639 g/mol. The van der Waals surface area contributed by atoms with Crippen molar-refractivity contribution in [1.29, 1.82) is 0 Å². The van der Waals surface area contributed by atoms with E-state index in [1.807, 2.05) is 20.8 Å². The van der Waals surface area contributed by atoms with Crippen LogP contribution in [0.1, 0.15) is 65.7 Å². The van der Waals surface area contributed by atoms with Crippen molar-refractivity contribution < 1.29 is 43.1 Å². The molecule has 0 aromatic heterocycles. The number of alkyl halides is 1. The number of cyclic esters (lactones) is 1. The standard InChI is InChI=1S/C34H51ClO9/c1-7-17-9-8-10-24(36)15(2)30(38)23-13-21-19-11-18(44-34-33(41-6)32(40-5)31(39-4)16(3)42-34)12-20(19)27-28(29(27)35)26(21)22(23)14-25(37)43-17/h13,15-22,24,26-29,31-34,36H,7-12,14H2,1-6H3/t15-,16?,17+,18+,19-,20-,21+,22-,24+,26-,27?,28?,29?,31+,32?,33+,34+/m1/s1. The number of fused-ring (bicyclic) bond motifs is 8. The number of hydrogen-bond acceptors (Lipinski definition) is 9. The van der Waals surface area contributed by atoms with E-state index in [1.54, 1.807) is 21.3 Å². The lowest BCUT2D eigenvalue weighted by Gasteiger charge is -2.44. The van der Waals surface area contributed by atoms with Crippen molar-refractivity contribution in [1.82, 2.24) is 0 Å². The number of carbonyl (C=O) groups is 2. The normalized spacial score (nSPS) is 50.7. The van der Waals surface area contributed by atoms with Crippen LogP contribution in [0.15, 0.2) is 11.6 Å². The number of allylic oxidation sites excluding steroid dienone is 2. The molecule has 5 fully saturated rings. The highest BCUT2D eigenvalue weighted by Gasteiger charge is 2.69. The van der Waals surface area contributed by atoms with Crippen LogP contribution < -0.4 is 0 Å². The van der Waals surface area contributed by atoms with Crippen LogP contribution in [0.2, 0.25) is 0 Å². The average Bonchev–Trinajstić information content (AvgIpc) is 3.31. The van der Waals surface area contributed by atoms with E-state index < -0.39 is 24.4 Å². The molecule has 0 bridgehead atoms. The molecule has 5 unspecified atom stereocenters. The Bertz CT molecular complexity index is 1100. The Morgan fingerprint density at radius 1 is 0.955 bits per heavy atom. The highest BCUT2D eigenvalue weighted by molar-refractivity contribution is 6.23. The molecule has 2 heterocycles. The lowest BCUT2D eigenvalue weighted by Crippen LogP contribution is -2.59. The van der Waals surface area contributed by atoms with Crippen LogP contribution in [0.5, 0.6) is 0 Å². The highest BCUT2D eigenvalue weighted by Crippen LogP contribution is 2.70. The second-order valence-electron chi connectivity index (χ2n) is 14.2. The minimum atomic E-state index is -0.717. The predicted octanol–water partition coefficient (Wildman–Crippen LogP) is 4.31. The minimum absolute atomic E-state index is 0.0147. The van der Waals surface area contributed by atoms with Crippen molar-refractivity contribution >= 4 is 23.4 Å². The molecule has 4 aliphatic carbocycles. The third-order valence-electron chi connectivity index (χ3n) is 12.1. The van der Waals surface area contributed by atoms with E-state index in [0.29, 0.717) is 36.7 Å². The zero-order chi connectivity index (χ0) is 31.4. The molecular formula is C34H51ClO9. The van der Waals surface area contributed by atoms with Crippen LogP contribution in [0, 0.1) is 47.3 Å². The number of aliphatic hydroxyl groups excluding tert-OH is 1. The van der Waals surface area contributed by atoms with Gasteiger partial charge in [-0.25, -0.2) is 0 Å². The van der Waals surface area contributed by atoms with Crippen LogP contribution >= 0.6 is 11.6 Å². The molecule has 2 saturated heterocycles. The first kappa shape index (κ1) is 32.9. The number of methoxy groups -OCH3 is 3. The molecule has 17 atom stereocenters. The largest absolute Gasteiger partial charge is 0.462 e. The maximum Gasteiger partial charge on any atom is 0.306 e. The number of halogens is 1. The monoisotopic (exact) mass is 638 g/mol. The van der Waals surface area contributed by atoms with Gasteiger partial charge in [-0.05, 0) is 86.5 Å². The Morgan fingerprint density at radius 2 is 1.66 bits per heavy atom. The van der Waals surface area contributed by atoms with Crippen molar-refractivity contribution in [2.75, 3.05) is 21.3 Å². The molecule has 248 valence electrons. The van der Waals surface area contributed by atoms with Gasteiger partial charge in [0.05, 0.1) is 24.7 Å². The van der Waals surface area contributed by atoms with Gasteiger partial charge in [-0.3, -0.25) is 9.59 Å². The summed E-state index contributed by atoms with van der Waals surface area (Å²) >= 11 is 7.07. The van der Waals surface area contributed by atoms with Gasteiger partial charge in [-0.1, -0.05) is 19.9 Å². The number of ketones is 1. The van der Waals surface area contributed by atoms with Gasteiger partial charge in [0.15, 0.2) is 12.1 Å². The summed E-state index contributed by atoms with van der Waals surface area (Å²) < 4.78 is 36.2. The molecule has 6 rings (SSSR count). The second kappa shape index (κ2) is 13.2. The molecule has 10 heteroatoms. The topological polar surface area (TPSA) is 110 Å². The lowest BCUT2D eigenvalue weighted by molar-refractivity contribution is -0.314. The molecular weight excluding hydrogens is 588 g/mol. The number of rotatable bonds is 6. The van der Waals surface area contributed by atoms with E-state index in [1.165, 1.54) is 0 Å². The molecule has 6 aliphatic rings. The third kappa shape index (κ3) is 5.71. The Labute approximate surface area is 266 Å². The summed E-state index contributed by atoms with van der Waals surface area (Å²) in [4.78, 5) is 27.3. The van der Waals surface area contributed by atoms with E-state index in [4.69, 9.17) is 40.0 Å². The Balaban J connectivity index is 1.25. The molecule has 3 saturated carbocycles. The number of esters is 1. The van der Waals surface area contributed by atoms with Crippen molar-refractivity contribution in [2.45, 2.75) is 120 Å². The van der Waals surface area contributed by atoms with Crippen LogP contribution in [0.25, 0.3) is 0 Å². The summed E-state index contributed by atoms with van der Waals surface area (Å²) in [5.74, 6) is 0.443. The number of ether oxygens (including phenoxy) is 6. The quantitative estimate of drug-likeness (QED) is 0.336. The first-order valence-electron chi connectivity index (χ1n) is 16.8. The summed E-state index contributed by atoms with van der Waals surface area (Å²) in [5, 5.41) is 11.0. The lowest BCUT2D eigenvalue weighted by atomic mass is 9.66. The van der Waals surface area contributed by atoms with Gasteiger partial charge in [0.25, 0.3) is 0 Å². The Morgan fingerprint density at radius 3 is 2.34 bits per heavy atom. The van der Waals surface area contributed by atoms with Crippen LogP contribution in [0.4, 0.5) is 0 Å². The molecule has 1 N–H and O–H groups in total. The molecule has 2 aliphatic heterocycles. The third-order valence-corrected chi connectivity index (χ3v) is 12.7. The molecule has 44 heavy (non-hydrogen) atoms. The fourth-order valence-corrected chi connectivity index (χ4v) is 10.4. The maximum absolute atomic E-state index is 14.0. The number of hydrogen-bond donors (Lipinski definition) is 1. The van der Waals surface area contributed by atoms with Crippen LogP contribution in [-0.4, -0.2) is 92.6 Å². The molecule has 0 aromatic carbocycles. The summed E-state index contributed by atoms with van der Waals surface area (Å²) in [6.45, 7) is 5.82. The second-order valence-corrected chi connectivity index (χ2v) is 14.7. The smallest absolute Gasteiger partial charge is 0.306 e. The fourth-order valence-electron chi connectivity index (χ4n) is 9.84. The summed E-state index contributed by atoms with van der Waals surface area (Å²) in [5.41, 5.74) is 0.703. The van der Waals surface area contributed by atoms with Gasteiger partial charge < -0.3 is 33.5 Å². The zero-order valence-electron chi connectivity index (χ0n) is 26.9. The molecule has 0 radical (unpaired) electrons. The van der Waals surface area contributed by atoms with E-state index in [0.717, 1.165) is 19.3 Å². The van der Waals surface area contributed by atoms with E-state index in [-0.39, 0.29) is 83.7 Å². The summed E-state index contributed by atoms with van der Waals surface area (Å²) in [7, 11) is 4.94. The first-order valence-corrected chi connectivity index (χ1v) is 17.2. The molecule has 0 spiro atoms. The fraction of sp³-hybridized carbons (Fsp3) is 0.882. The van der Waals surface area contributed by atoms with Gasteiger partial charge >= 0.3 is 5.97 Å². The van der Waals surface area contributed by atoms with Crippen LogP contribution in [-0.2, 0) is 38.0 Å². The SMILES string of the molecule is CC[C@H]1CCC[C@H](O)[C@@H](C)C(=O)C2=C[C@H]3[C@@H]4C[C@H](O[C@@H]5OC(C)[C@H](OC)C(OC)[C@@H]5OC)C[C@H]4C4C(Cl)C4[C@H]3[C@@H]2CC(=O)O1. The Hall–Kier alpha value is -1.07. The van der Waals surface area contributed by atoms with Crippen LogP contribution in [0.3, 0.4) is 0 Å². The first-order chi connectivity index (χ1) is 21.1. The highest BCUT2D eigenvalue weighted by atomic mass is 35.5. The molecule has 0 aromatic rings. The molecule has 0 amide bonds. The van der Waals surface area contributed by atoms with Gasteiger partial charge in [0.2, 0.25) is 0 Å². The van der Waals surface area contributed by atoms with Crippen molar-refractivity contribution in [3.63, 3.8) is 0 Å².